The van der Waals surface area contributed by atoms with Crippen LogP contribution >= 0.6 is 0 Å². The quantitative estimate of drug-likeness (QED) is 0.602. The normalized spacial score (nSPS) is 33.2. The van der Waals surface area contributed by atoms with Crippen LogP contribution in [0.25, 0.3) is 0 Å². The van der Waals surface area contributed by atoms with Gasteiger partial charge < -0.3 is 24.6 Å². The number of aromatic hydroxyl groups is 1. The molecule has 4 unspecified atom stereocenters. The molecule has 3 heterocycles. The number of carbonyl (C=O) groups is 2. The molecule has 2 amide bonds. The third-order valence-electron chi connectivity index (χ3n) is 8.45. The highest BCUT2D eigenvalue weighted by Gasteiger charge is 2.82. The fourth-order valence-corrected chi connectivity index (χ4v) is 6.79. The summed E-state index contributed by atoms with van der Waals surface area (Å²) in [7, 11) is 0. The van der Waals surface area contributed by atoms with Crippen molar-refractivity contribution in [1.29, 1.82) is 0 Å². The van der Waals surface area contributed by atoms with Crippen LogP contribution in [0, 0.1) is 35.3 Å². The van der Waals surface area contributed by atoms with E-state index in [1.54, 1.807) is 5.32 Å². The van der Waals surface area contributed by atoms with E-state index in [1.165, 1.54) is 4.90 Å². The van der Waals surface area contributed by atoms with Crippen LogP contribution in [-0.4, -0.2) is 50.9 Å². The number of nitrogens with one attached hydrogen (secondary N) is 1. The van der Waals surface area contributed by atoms with Crippen molar-refractivity contribution in [2.24, 2.45) is 23.7 Å². The SMILES string of the molecule is O=C(N[C@@H](c1ccc(F)cc1F)C(F)(F)F)c1cn2c(c(O)c1=O)C(=O)N1C3CC(O[C@H]1C2)C1C2[C@@H]1[C@H]23. The molecule has 1 saturated heterocycles. The van der Waals surface area contributed by atoms with Crippen molar-refractivity contribution in [3.8, 4) is 5.75 Å². The average molecular weight is 523 g/mol. The molecule has 8 atom stereocenters. The minimum absolute atomic E-state index is 0.00510. The molecule has 5 fully saturated rings. The lowest BCUT2D eigenvalue weighted by molar-refractivity contribution is -0.195. The Morgan fingerprint density at radius 3 is 2.54 bits per heavy atom. The number of benzene rings is 1. The Kier molecular flexibility index (Phi) is 4.35. The highest BCUT2D eigenvalue weighted by atomic mass is 19.4. The average Bonchev–Trinajstić information content (AvgIpc) is 3.72. The highest BCUT2D eigenvalue weighted by Crippen LogP contribution is 2.80. The molecule has 1 aromatic heterocycles. The van der Waals surface area contributed by atoms with E-state index in [0.717, 1.165) is 10.8 Å². The first kappa shape index (κ1) is 22.7. The molecule has 2 N–H and O–H groups in total. The van der Waals surface area contributed by atoms with Crippen molar-refractivity contribution in [3.05, 3.63) is 63.1 Å². The maximum absolute atomic E-state index is 14.1. The van der Waals surface area contributed by atoms with Gasteiger partial charge in [-0.05, 0) is 36.2 Å². The molecule has 1 aromatic carbocycles. The number of alkyl halides is 3. The van der Waals surface area contributed by atoms with Gasteiger partial charge in [-0.3, -0.25) is 14.4 Å². The molecule has 8 nitrogen and oxygen atoms in total. The van der Waals surface area contributed by atoms with Gasteiger partial charge in [0.1, 0.15) is 17.2 Å². The Morgan fingerprint density at radius 1 is 1.14 bits per heavy atom. The van der Waals surface area contributed by atoms with Gasteiger partial charge in [-0.25, -0.2) is 8.78 Å². The zero-order chi connectivity index (χ0) is 26.1. The Hall–Kier alpha value is -3.48. The summed E-state index contributed by atoms with van der Waals surface area (Å²) in [4.78, 5) is 40.5. The van der Waals surface area contributed by atoms with E-state index in [4.69, 9.17) is 4.74 Å². The summed E-state index contributed by atoms with van der Waals surface area (Å²) in [5, 5.41) is 12.2. The van der Waals surface area contributed by atoms with Gasteiger partial charge in [0.15, 0.2) is 23.7 Å². The molecular weight excluding hydrogens is 505 g/mol. The zero-order valence-electron chi connectivity index (χ0n) is 18.7. The number of nitrogens with zero attached hydrogens (tertiary/aromatic N) is 2. The predicted molar refractivity (Wildman–Crippen MR) is 112 cm³/mol. The molecule has 0 radical (unpaired) electrons. The van der Waals surface area contributed by atoms with Crippen LogP contribution in [0.4, 0.5) is 22.0 Å². The molecule has 8 rings (SSSR count). The number of hydrogen-bond donors (Lipinski definition) is 2. The standard InChI is InChI=1S/C24H18F5N3O5/c25-7-1-2-8(10(26)3-7)21(24(27,28)29)30-22(35)9-5-31-6-13-32(23(36)18(31)20(34)19(9)33)11-4-12(37-13)15-16-14(11)17(15)16/h1-3,5,11-17,21,34H,4,6H2,(H,30,35)/t11?,12?,13-,14-,15?,16?,17+,21-/m0/s1. The van der Waals surface area contributed by atoms with Crippen LogP contribution in [0.15, 0.2) is 29.2 Å². The summed E-state index contributed by atoms with van der Waals surface area (Å²) >= 11 is 0. The van der Waals surface area contributed by atoms with Gasteiger partial charge in [0, 0.05) is 23.9 Å². The van der Waals surface area contributed by atoms with Crippen LogP contribution < -0.4 is 10.7 Å². The summed E-state index contributed by atoms with van der Waals surface area (Å²) in [6.45, 7) is -0.0355. The molecule has 6 aliphatic rings. The van der Waals surface area contributed by atoms with Gasteiger partial charge in [-0.2, -0.15) is 13.2 Å². The van der Waals surface area contributed by atoms with Gasteiger partial charge in [-0.1, -0.05) is 6.07 Å². The zero-order valence-corrected chi connectivity index (χ0v) is 18.7. The minimum atomic E-state index is -5.20. The van der Waals surface area contributed by atoms with Gasteiger partial charge in [-0.15, -0.1) is 0 Å². The molecule has 2 aromatic rings. The van der Waals surface area contributed by atoms with Gasteiger partial charge in [0.05, 0.1) is 12.6 Å². The summed E-state index contributed by atoms with van der Waals surface area (Å²) in [5.74, 6) is -3.96. The van der Waals surface area contributed by atoms with E-state index < -0.39 is 64.2 Å². The Morgan fingerprint density at radius 2 is 1.86 bits per heavy atom. The van der Waals surface area contributed by atoms with E-state index in [2.05, 4.69) is 0 Å². The van der Waals surface area contributed by atoms with Crippen molar-refractivity contribution < 1.29 is 41.4 Å². The maximum atomic E-state index is 14.1. The van der Waals surface area contributed by atoms with Crippen molar-refractivity contribution in [2.45, 2.75) is 43.6 Å². The summed E-state index contributed by atoms with van der Waals surface area (Å²) in [6.07, 6.45) is -4.34. The maximum Gasteiger partial charge on any atom is 0.412 e. The summed E-state index contributed by atoms with van der Waals surface area (Å²) in [6, 6.07) is -1.60. The minimum Gasteiger partial charge on any atom is -0.503 e. The third-order valence-corrected chi connectivity index (χ3v) is 8.45. The predicted octanol–water partition coefficient (Wildman–Crippen LogP) is 2.31. The Bertz CT molecular complexity index is 1450. The number of fused-ring (bicyclic) bond motifs is 2. The van der Waals surface area contributed by atoms with Crippen molar-refractivity contribution in [1.82, 2.24) is 14.8 Å². The lowest BCUT2D eigenvalue weighted by Gasteiger charge is -2.53. The number of ether oxygens (including phenoxy) is 1. The fraction of sp³-hybridized carbons (Fsp3) is 0.458. The monoisotopic (exact) mass is 523 g/mol. The van der Waals surface area contributed by atoms with E-state index >= 15 is 0 Å². The van der Waals surface area contributed by atoms with Crippen molar-refractivity contribution in [3.63, 3.8) is 0 Å². The molecule has 194 valence electrons. The molecule has 4 saturated carbocycles. The van der Waals surface area contributed by atoms with Crippen LogP contribution in [0.2, 0.25) is 0 Å². The van der Waals surface area contributed by atoms with Crippen LogP contribution in [0.3, 0.4) is 0 Å². The summed E-state index contributed by atoms with van der Waals surface area (Å²) < 4.78 is 75.8. The van der Waals surface area contributed by atoms with E-state index in [-0.39, 0.29) is 30.5 Å². The second-order valence-electron chi connectivity index (χ2n) is 10.3. The molecule has 13 heteroatoms. The lowest BCUT2D eigenvalue weighted by atomic mass is 9.79. The molecule has 4 aliphatic carbocycles. The molecule has 37 heavy (non-hydrogen) atoms. The van der Waals surface area contributed by atoms with Gasteiger partial charge in [0.25, 0.3) is 11.8 Å². The molecule has 2 aliphatic heterocycles. The number of aromatic nitrogens is 1. The van der Waals surface area contributed by atoms with E-state index in [0.29, 0.717) is 42.2 Å². The van der Waals surface area contributed by atoms with Gasteiger partial charge >= 0.3 is 6.18 Å². The topological polar surface area (TPSA) is 101 Å². The van der Waals surface area contributed by atoms with Crippen molar-refractivity contribution >= 4 is 11.8 Å². The second kappa shape index (κ2) is 7.09. The van der Waals surface area contributed by atoms with E-state index in [1.807, 2.05) is 0 Å². The molecule has 4 bridgehead atoms. The fourth-order valence-electron chi connectivity index (χ4n) is 6.79. The van der Waals surface area contributed by atoms with Crippen LogP contribution in [-0.2, 0) is 11.3 Å². The molecular formula is C24H18F5N3O5. The van der Waals surface area contributed by atoms with E-state index in [9.17, 15) is 41.4 Å². The highest BCUT2D eigenvalue weighted by molar-refractivity contribution is 5.99. The first-order valence-electron chi connectivity index (χ1n) is 11.7. The van der Waals surface area contributed by atoms with Crippen molar-refractivity contribution in [2.75, 3.05) is 0 Å². The van der Waals surface area contributed by atoms with Gasteiger partial charge in [0.2, 0.25) is 5.43 Å². The number of rotatable bonds is 3. The Balaban J connectivity index is 1.23. The first-order valence-corrected chi connectivity index (χ1v) is 11.7. The number of hydrogen-bond acceptors (Lipinski definition) is 5. The first-order chi connectivity index (χ1) is 17.5. The van der Waals surface area contributed by atoms with Crippen LogP contribution in [0.1, 0.15) is 38.9 Å². The molecule has 0 spiro atoms. The third kappa shape index (κ3) is 3.06. The lowest BCUT2D eigenvalue weighted by Crippen LogP contribution is -2.64. The second-order valence-corrected chi connectivity index (χ2v) is 10.3. The number of carbonyl (C=O) groups excluding carboxylic acids is 2. The number of pyridine rings is 1. The van der Waals surface area contributed by atoms with Crippen LogP contribution in [0.5, 0.6) is 5.75 Å². The largest absolute Gasteiger partial charge is 0.503 e. The number of halogens is 5. The summed E-state index contributed by atoms with van der Waals surface area (Å²) in [5.41, 5.74) is -3.64. The smallest absolute Gasteiger partial charge is 0.412 e. The Labute approximate surface area is 204 Å². The number of amides is 2.